The van der Waals surface area contributed by atoms with E-state index in [1.807, 2.05) is 17.5 Å². The minimum atomic E-state index is -0.755. The van der Waals surface area contributed by atoms with Gasteiger partial charge in [-0.25, -0.2) is 4.79 Å². The highest BCUT2D eigenvalue weighted by molar-refractivity contribution is 7.10. The summed E-state index contributed by atoms with van der Waals surface area (Å²) in [6.45, 7) is 0. The molecule has 2 rings (SSSR count). The average Bonchev–Trinajstić information content (AvgIpc) is 2.97. The Hall–Kier alpha value is -1.69. The van der Waals surface area contributed by atoms with Gasteiger partial charge in [-0.05, 0) is 17.9 Å². The first-order valence-corrected chi connectivity index (χ1v) is 6.46. The number of carbonyl (C=O) groups is 3. The summed E-state index contributed by atoms with van der Waals surface area (Å²) in [6, 6.07) is 2.92. The van der Waals surface area contributed by atoms with Gasteiger partial charge in [-0.2, -0.15) is 0 Å². The van der Waals surface area contributed by atoms with Crippen LogP contribution in [0.15, 0.2) is 17.5 Å². The Kier molecular flexibility index (Phi) is 3.76. The first kappa shape index (κ1) is 12.8. The van der Waals surface area contributed by atoms with Crippen LogP contribution in [0.1, 0.15) is 17.7 Å². The molecule has 0 radical (unpaired) electrons. The molecule has 6 heteroatoms. The summed E-state index contributed by atoms with van der Waals surface area (Å²) in [5, 5.41) is 1.87. The van der Waals surface area contributed by atoms with E-state index >= 15 is 0 Å². The average molecular weight is 267 g/mol. The van der Waals surface area contributed by atoms with Crippen molar-refractivity contribution in [3.8, 4) is 0 Å². The molecule has 1 aliphatic rings. The van der Waals surface area contributed by atoms with E-state index in [9.17, 15) is 14.4 Å². The van der Waals surface area contributed by atoms with Gasteiger partial charge in [0.1, 0.15) is 6.04 Å². The number of methoxy groups -OCH3 is 1. The fraction of sp³-hybridized carbons (Fsp3) is 0.417. The predicted molar refractivity (Wildman–Crippen MR) is 64.9 cm³/mol. The number of esters is 1. The number of amides is 2. The number of ether oxygens (including phenoxy) is 1. The molecule has 0 bridgehead atoms. The second-order valence-electron chi connectivity index (χ2n) is 3.99. The largest absolute Gasteiger partial charge is 0.467 e. The van der Waals surface area contributed by atoms with Crippen LogP contribution in [0.2, 0.25) is 0 Å². The maximum absolute atomic E-state index is 12.1. The van der Waals surface area contributed by atoms with Gasteiger partial charge in [0.15, 0.2) is 0 Å². The summed E-state index contributed by atoms with van der Waals surface area (Å²) in [7, 11) is 1.26. The third-order valence-electron chi connectivity index (χ3n) is 2.86. The predicted octanol–water partition coefficient (Wildman–Crippen LogP) is 0.981. The maximum Gasteiger partial charge on any atom is 0.329 e. The van der Waals surface area contributed by atoms with Gasteiger partial charge in [0.25, 0.3) is 0 Å². The van der Waals surface area contributed by atoms with E-state index in [1.54, 1.807) is 0 Å². The van der Waals surface area contributed by atoms with Gasteiger partial charge in [0.2, 0.25) is 11.8 Å². The number of likely N-dealkylation sites (tertiary alicyclic amines) is 1. The molecule has 1 unspecified atom stereocenters. The smallest absolute Gasteiger partial charge is 0.329 e. The third kappa shape index (κ3) is 2.43. The highest BCUT2D eigenvalue weighted by atomic mass is 32.1. The molecule has 96 valence electrons. The van der Waals surface area contributed by atoms with E-state index in [1.165, 1.54) is 18.4 Å². The molecular weight excluding hydrogens is 254 g/mol. The van der Waals surface area contributed by atoms with Crippen LogP contribution < -0.4 is 0 Å². The molecule has 1 saturated heterocycles. The maximum atomic E-state index is 12.1. The van der Waals surface area contributed by atoms with Crippen molar-refractivity contribution in [3.05, 3.63) is 22.4 Å². The first-order chi connectivity index (χ1) is 8.63. The molecule has 1 aromatic rings. The molecular formula is C12H13NO4S. The van der Waals surface area contributed by atoms with Crippen LogP contribution in [0, 0.1) is 0 Å². The molecule has 0 saturated carbocycles. The number of rotatable bonds is 3. The van der Waals surface area contributed by atoms with Crippen molar-refractivity contribution in [2.75, 3.05) is 7.11 Å². The van der Waals surface area contributed by atoms with Gasteiger partial charge < -0.3 is 4.74 Å². The SMILES string of the molecule is COC(=O)C1CCC(=O)N1C(=O)Cc1cccs1. The second kappa shape index (κ2) is 5.30. The van der Waals surface area contributed by atoms with Crippen LogP contribution in [0.4, 0.5) is 0 Å². The Balaban J connectivity index is 2.11. The van der Waals surface area contributed by atoms with Crippen LogP contribution in [-0.2, 0) is 25.5 Å². The molecule has 0 aromatic carbocycles. The number of carbonyl (C=O) groups excluding carboxylic acids is 3. The Morgan fingerprint density at radius 3 is 2.94 bits per heavy atom. The summed E-state index contributed by atoms with van der Waals surface area (Å²) in [5.74, 6) is -1.16. The normalized spacial score (nSPS) is 19.1. The van der Waals surface area contributed by atoms with Gasteiger partial charge in [-0.3, -0.25) is 14.5 Å². The fourth-order valence-corrected chi connectivity index (χ4v) is 2.70. The molecule has 2 amide bonds. The summed E-state index contributed by atoms with van der Waals surface area (Å²) >= 11 is 1.45. The van der Waals surface area contributed by atoms with Crippen molar-refractivity contribution in [3.63, 3.8) is 0 Å². The topological polar surface area (TPSA) is 63.7 Å². The first-order valence-electron chi connectivity index (χ1n) is 5.58. The Morgan fingerprint density at radius 2 is 2.33 bits per heavy atom. The van der Waals surface area contributed by atoms with Crippen LogP contribution >= 0.6 is 11.3 Å². The van der Waals surface area contributed by atoms with Gasteiger partial charge >= 0.3 is 5.97 Å². The van der Waals surface area contributed by atoms with E-state index in [0.29, 0.717) is 6.42 Å². The van der Waals surface area contributed by atoms with Gasteiger partial charge in [0, 0.05) is 11.3 Å². The van der Waals surface area contributed by atoms with Crippen molar-refractivity contribution < 1.29 is 19.1 Å². The zero-order valence-electron chi connectivity index (χ0n) is 9.92. The van der Waals surface area contributed by atoms with Gasteiger partial charge in [-0.15, -0.1) is 11.3 Å². The monoisotopic (exact) mass is 267 g/mol. The van der Waals surface area contributed by atoms with Crippen molar-refractivity contribution in [2.24, 2.45) is 0 Å². The van der Waals surface area contributed by atoms with E-state index in [4.69, 9.17) is 0 Å². The van der Waals surface area contributed by atoms with E-state index in [2.05, 4.69) is 4.74 Å². The summed E-state index contributed by atoms with van der Waals surface area (Å²) in [5.41, 5.74) is 0. The van der Waals surface area contributed by atoms with Crippen LogP contribution in [0.25, 0.3) is 0 Å². The molecule has 0 N–H and O–H groups in total. The highest BCUT2D eigenvalue weighted by Crippen LogP contribution is 2.22. The molecule has 1 aromatic heterocycles. The quantitative estimate of drug-likeness (QED) is 0.766. The third-order valence-corrected chi connectivity index (χ3v) is 3.74. The highest BCUT2D eigenvalue weighted by Gasteiger charge is 2.40. The number of hydrogen-bond donors (Lipinski definition) is 0. The van der Waals surface area contributed by atoms with Crippen molar-refractivity contribution in [2.45, 2.75) is 25.3 Å². The lowest BCUT2D eigenvalue weighted by molar-refractivity contribution is -0.155. The van der Waals surface area contributed by atoms with E-state index in [-0.39, 0.29) is 24.7 Å². The van der Waals surface area contributed by atoms with Crippen molar-refractivity contribution in [1.29, 1.82) is 0 Å². The summed E-state index contributed by atoms with van der Waals surface area (Å²) < 4.78 is 4.62. The molecule has 1 atom stereocenters. The molecule has 5 nitrogen and oxygen atoms in total. The zero-order valence-corrected chi connectivity index (χ0v) is 10.7. The number of thiophene rings is 1. The molecule has 1 fully saturated rings. The Morgan fingerprint density at radius 1 is 1.56 bits per heavy atom. The van der Waals surface area contributed by atoms with Crippen LogP contribution in [0.5, 0.6) is 0 Å². The number of nitrogens with zero attached hydrogens (tertiary/aromatic N) is 1. The molecule has 18 heavy (non-hydrogen) atoms. The minimum absolute atomic E-state index is 0.150. The Bertz CT molecular complexity index is 468. The molecule has 0 aliphatic carbocycles. The lowest BCUT2D eigenvalue weighted by atomic mass is 10.2. The van der Waals surface area contributed by atoms with E-state index < -0.39 is 12.0 Å². The molecule has 1 aliphatic heterocycles. The molecule has 2 heterocycles. The van der Waals surface area contributed by atoms with Crippen molar-refractivity contribution in [1.82, 2.24) is 4.90 Å². The Labute approximate surface area is 108 Å². The summed E-state index contributed by atoms with van der Waals surface area (Å²) in [6.07, 6.45) is 0.717. The lowest BCUT2D eigenvalue weighted by Gasteiger charge is -2.20. The zero-order chi connectivity index (χ0) is 13.1. The van der Waals surface area contributed by atoms with Crippen LogP contribution in [-0.4, -0.2) is 35.8 Å². The second-order valence-corrected chi connectivity index (χ2v) is 5.02. The van der Waals surface area contributed by atoms with Gasteiger partial charge in [0.05, 0.1) is 13.5 Å². The van der Waals surface area contributed by atoms with Crippen LogP contribution in [0.3, 0.4) is 0 Å². The number of imide groups is 1. The van der Waals surface area contributed by atoms with Gasteiger partial charge in [-0.1, -0.05) is 6.07 Å². The lowest BCUT2D eigenvalue weighted by Crippen LogP contribution is -2.44. The standard InChI is InChI=1S/C12H13NO4S/c1-17-12(16)9-4-5-10(14)13(9)11(15)7-8-3-2-6-18-8/h2-3,6,9H,4-5,7H2,1H3. The molecule has 0 spiro atoms. The number of hydrogen-bond acceptors (Lipinski definition) is 5. The minimum Gasteiger partial charge on any atom is -0.467 e. The summed E-state index contributed by atoms with van der Waals surface area (Å²) in [4.78, 5) is 37.2. The van der Waals surface area contributed by atoms with Crippen molar-refractivity contribution >= 4 is 29.1 Å². The van der Waals surface area contributed by atoms with E-state index in [0.717, 1.165) is 9.78 Å². The fourth-order valence-electron chi connectivity index (χ4n) is 2.00.